The number of aromatic nitrogens is 1. The van der Waals surface area contributed by atoms with E-state index in [0.717, 1.165) is 35.9 Å². The fourth-order valence-corrected chi connectivity index (χ4v) is 4.44. The van der Waals surface area contributed by atoms with Gasteiger partial charge < -0.3 is 14.6 Å². The van der Waals surface area contributed by atoms with E-state index >= 15 is 0 Å². The number of carbonyl (C=O) groups is 2. The van der Waals surface area contributed by atoms with E-state index in [1.807, 2.05) is 38.5 Å². The van der Waals surface area contributed by atoms with Crippen LogP contribution in [0, 0.1) is 12.8 Å². The summed E-state index contributed by atoms with van der Waals surface area (Å²) >= 11 is 1.65. The van der Waals surface area contributed by atoms with Crippen molar-refractivity contribution in [3.8, 4) is 0 Å². The molecule has 1 N–H and O–H groups in total. The van der Waals surface area contributed by atoms with Crippen LogP contribution in [0.25, 0.3) is 10.2 Å². The summed E-state index contributed by atoms with van der Waals surface area (Å²) < 4.78 is 8.51. The van der Waals surface area contributed by atoms with Crippen molar-refractivity contribution < 1.29 is 14.3 Å². The first kappa shape index (κ1) is 18.0. The van der Waals surface area contributed by atoms with Gasteiger partial charge in [0.15, 0.2) is 6.10 Å². The Morgan fingerprint density at radius 1 is 1.28 bits per heavy atom. The minimum atomic E-state index is -0.761. The van der Waals surface area contributed by atoms with Crippen molar-refractivity contribution in [2.75, 3.05) is 0 Å². The minimum absolute atomic E-state index is 0.0750. The summed E-state index contributed by atoms with van der Waals surface area (Å²) in [6.45, 7) is 5.85. The van der Waals surface area contributed by atoms with E-state index < -0.39 is 12.1 Å². The topological polar surface area (TPSA) is 60.3 Å². The summed E-state index contributed by atoms with van der Waals surface area (Å²) in [7, 11) is 1.86. The third kappa shape index (κ3) is 3.73. The van der Waals surface area contributed by atoms with Gasteiger partial charge >= 0.3 is 5.97 Å². The zero-order chi connectivity index (χ0) is 18.1. The van der Waals surface area contributed by atoms with Crippen LogP contribution >= 0.6 is 11.3 Å². The zero-order valence-electron chi connectivity index (χ0n) is 15.3. The van der Waals surface area contributed by atoms with Gasteiger partial charge in [0.05, 0.1) is 10.2 Å². The molecule has 0 radical (unpaired) electrons. The largest absolute Gasteiger partial charge is 0.447 e. The van der Waals surface area contributed by atoms with Crippen molar-refractivity contribution in [2.24, 2.45) is 13.0 Å². The van der Waals surface area contributed by atoms with Crippen molar-refractivity contribution in [1.82, 2.24) is 9.88 Å². The molecule has 1 atom stereocenters. The molecule has 0 unspecified atom stereocenters. The van der Waals surface area contributed by atoms with Gasteiger partial charge in [-0.1, -0.05) is 26.7 Å². The second-order valence-electron chi connectivity index (χ2n) is 7.26. The number of nitrogens with zero attached hydrogens (tertiary/aromatic N) is 1. The molecule has 0 spiro atoms. The van der Waals surface area contributed by atoms with Gasteiger partial charge in [0.1, 0.15) is 5.69 Å². The maximum atomic E-state index is 12.7. The summed E-state index contributed by atoms with van der Waals surface area (Å²) in [6.07, 6.45) is 3.56. The molecule has 3 rings (SSSR count). The SMILES string of the molecule is Cc1cc2c(cc(C(=O)O[C@H](C(=O)NC3CCCC3)C(C)C)n2C)s1. The van der Waals surface area contributed by atoms with Gasteiger partial charge in [-0.15, -0.1) is 11.3 Å². The first-order chi connectivity index (χ1) is 11.9. The summed E-state index contributed by atoms with van der Waals surface area (Å²) in [6, 6.07) is 4.13. The lowest BCUT2D eigenvalue weighted by Crippen LogP contribution is -2.44. The summed E-state index contributed by atoms with van der Waals surface area (Å²) in [5.74, 6) is -0.695. The van der Waals surface area contributed by atoms with Crippen molar-refractivity contribution in [2.45, 2.75) is 58.6 Å². The lowest BCUT2D eigenvalue weighted by Gasteiger charge is -2.23. The van der Waals surface area contributed by atoms with Crippen molar-refractivity contribution in [3.63, 3.8) is 0 Å². The predicted octanol–water partition coefficient (Wildman–Crippen LogP) is 3.79. The number of hydrogen-bond donors (Lipinski definition) is 1. The van der Waals surface area contributed by atoms with Crippen LogP contribution in [0.3, 0.4) is 0 Å². The number of esters is 1. The monoisotopic (exact) mass is 362 g/mol. The maximum Gasteiger partial charge on any atom is 0.355 e. The number of fused-ring (bicyclic) bond motifs is 1. The number of amides is 1. The summed E-state index contributed by atoms with van der Waals surface area (Å²) in [5.41, 5.74) is 1.51. The molecule has 2 aromatic rings. The molecule has 2 aromatic heterocycles. The molecule has 1 aliphatic rings. The Morgan fingerprint density at radius 3 is 2.56 bits per heavy atom. The molecule has 6 heteroatoms. The van der Waals surface area contributed by atoms with Gasteiger partial charge in [0.2, 0.25) is 0 Å². The molecule has 0 aromatic carbocycles. The van der Waals surface area contributed by atoms with Gasteiger partial charge in [0, 0.05) is 18.0 Å². The summed E-state index contributed by atoms with van der Waals surface area (Å²) in [4.78, 5) is 26.4. The van der Waals surface area contributed by atoms with Gasteiger partial charge in [-0.25, -0.2) is 4.79 Å². The third-order valence-corrected chi connectivity index (χ3v) is 5.85. The summed E-state index contributed by atoms with van der Waals surface area (Å²) in [5, 5.41) is 3.04. The maximum absolute atomic E-state index is 12.7. The molecule has 1 fully saturated rings. The van der Waals surface area contributed by atoms with Crippen LogP contribution in [0.1, 0.15) is 54.9 Å². The smallest absolute Gasteiger partial charge is 0.355 e. The molecule has 1 aliphatic carbocycles. The Bertz CT molecular complexity index is 784. The lowest BCUT2D eigenvalue weighted by atomic mass is 10.1. The molecule has 2 heterocycles. The first-order valence-corrected chi connectivity index (χ1v) is 9.75. The average Bonchev–Trinajstić information content (AvgIpc) is 3.23. The van der Waals surface area contributed by atoms with E-state index in [9.17, 15) is 9.59 Å². The second-order valence-corrected chi connectivity index (χ2v) is 8.54. The Labute approximate surface area is 152 Å². The highest BCUT2D eigenvalue weighted by atomic mass is 32.1. The van der Waals surface area contributed by atoms with Gasteiger partial charge in [-0.3, -0.25) is 4.79 Å². The molecule has 1 saturated carbocycles. The van der Waals surface area contributed by atoms with Crippen LogP contribution in [0.15, 0.2) is 12.1 Å². The molecule has 0 aliphatic heterocycles. The molecule has 0 saturated heterocycles. The van der Waals surface area contributed by atoms with E-state index in [0.29, 0.717) is 5.69 Å². The fraction of sp³-hybridized carbons (Fsp3) is 0.579. The number of hydrogen-bond acceptors (Lipinski definition) is 4. The Kier molecular flexibility index (Phi) is 5.18. The van der Waals surface area contributed by atoms with E-state index in [1.165, 1.54) is 4.88 Å². The third-order valence-electron chi connectivity index (χ3n) is 4.86. The molecular formula is C19H26N2O3S. The quantitative estimate of drug-likeness (QED) is 0.823. The molecule has 1 amide bonds. The number of carbonyl (C=O) groups excluding carboxylic acids is 2. The number of aryl methyl sites for hydroxylation is 2. The Morgan fingerprint density at radius 2 is 1.96 bits per heavy atom. The van der Waals surface area contributed by atoms with Crippen molar-refractivity contribution >= 4 is 33.4 Å². The number of ether oxygens (including phenoxy) is 1. The highest BCUT2D eigenvalue weighted by molar-refractivity contribution is 7.19. The van der Waals surface area contributed by atoms with Crippen LogP contribution in [0.2, 0.25) is 0 Å². The number of thiophene rings is 1. The van der Waals surface area contributed by atoms with Crippen LogP contribution in [0.5, 0.6) is 0 Å². The average molecular weight is 362 g/mol. The highest BCUT2D eigenvalue weighted by Gasteiger charge is 2.30. The fourth-order valence-electron chi connectivity index (χ4n) is 3.45. The van der Waals surface area contributed by atoms with Crippen LogP contribution in [-0.2, 0) is 16.6 Å². The standard InChI is InChI=1S/C19H26N2O3S/c1-11(2)17(18(22)20-13-7-5-6-8-13)24-19(23)15-10-16-14(21(15)4)9-12(3)25-16/h9-11,13,17H,5-8H2,1-4H3,(H,20,22)/t17-/m0/s1. The normalized spacial score (nSPS) is 16.5. The minimum Gasteiger partial charge on any atom is -0.447 e. The molecular weight excluding hydrogens is 336 g/mol. The molecule has 0 bridgehead atoms. The van der Waals surface area contributed by atoms with Crippen LogP contribution in [-0.4, -0.2) is 28.6 Å². The van der Waals surface area contributed by atoms with Gasteiger partial charge in [0.25, 0.3) is 5.91 Å². The van der Waals surface area contributed by atoms with Gasteiger partial charge in [-0.05, 0) is 37.8 Å². The lowest BCUT2D eigenvalue weighted by molar-refractivity contribution is -0.132. The second kappa shape index (κ2) is 7.20. The highest BCUT2D eigenvalue weighted by Crippen LogP contribution is 2.28. The van der Waals surface area contributed by atoms with E-state index in [-0.39, 0.29) is 17.9 Å². The Balaban J connectivity index is 1.74. The van der Waals surface area contributed by atoms with Crippen molar-refractivity contribution in [1.29, 1.82) is 0 Å². The Hall–Kier alpha value is -1.82. The number of nitrogens with one attached hydrogen (secondary N) is 1. The van der Waals surface area contributed by atoms with Gasteiger partial charge in [-0.2, -0.15) is 0 Å². The van der Waals surface area contributed by atoms with Crippen molar-refractivity contribution in [3.05, 3.63) is 22.7 Å². The number of rotatable bonds is 5. The van der Waals surface area contributed by atoms with E-state index in [2.05, 4.69) is 11.4 Å². The van der Waals surface area contributed by atoms with Crippen LogP contribution < -0.4 is 5.32 Å². The molecule has 136 valence electrons. The zero-order valence-corrected chi connectivity index (χ0v) is 16.1. The van der Waals surface area contributed by atoms with Crippen LogP contribution in [0.4, 0.5) is 0 Å². The van der Waals surface area contributed by atoms with E-state index in [4.69, 9.17) is 4.74 Å². The molecule has 25 heavy (non-hydrogen) atoms. The predicted molar refractivity (Wildman–Crippen MR) is 100.0 cm³/mol. The first-order valence-electron chi connectivity index (χ1n) is 8.94. The van der Waals surface area contributed by atoms with E-state index in [1.54, 1.807) is 11.3 Å². The molecule has 5 nitrogen and oxygen atoms in total.